The number of fused-ring (bicyclic) bond motifs is 2. The lowest BCUT2D eigenvalue weighted by atomic mass is 10.1. The topological polar surface area (TPSA) is 158 Å². The third kappa shape index (κ3) is 4.15. The van der Waals surface area contributed by atoms with Gasteiger partial charge in [0.1, 0.15) is 40.2 Å². The summed E-state index contributed by atoms with van der Waals surface area (Å²) in [4.78, 5) is 0. The molecule has 6 N–H and O–H groups in total. The molecule has 0 fully saturated rings. The van der Waals surface area contributed by atoms with Gasteiger partial charge in [-0.15, -0.1) is 0 Å². The molecule has 0 bridgehead atoms. The summed E-state index contributed by atoms with van der Waals surface area (Å²) in [5, 5.41) is 59.8. The van der Waals surface area contributed by atoms with Crippen molar-refractivity contribution < 1.29 is 49.6 Å². The Balaban J connectivity index is 1.52. The largest absolute Gasteiger partial charge is 0.508 e. The molecule has 0 saturated heterocycles. The maximum atomic E-state index is 10.6. The van der Waals surface area contributed by atoms with Crippen molar-refractivity contribution in [2.45, 2.75) is 6.92 Å². The normalized spacial score (nSPS) is 11.6. The molecule has 1 aliphatic rings. The highest BCUT2D eigenvalue weighted by Gasteiger charge is 2.31. The van der Waals surface area contributed by atoms with Crippen LogP contribution in [0.25, 0.3) is 0 Å². The van der Waals surface area contributed by atoms with Gasteiger partial charge in [-0.1, -0.05) is 0 Å². The van der Waals surface area contributed by atoms with Crippen LogP contribution in [-0.4, -0.2) is 30.6 Å². The smallest absolute Gasteiger partial charge is 0.216 e. The van der Waals surface area contributed by atoms with Crippen molar-refractivity contribution in [3.05, 3.63) is 60.2 Å². The van der Waals surface area contributed by atoms with Crippen molar-refractivity contribution in [1.82, 2.24) is 0 Å². The van der Waals surface area contributed by atoms with Crippen LogP contribution in [0.1, 0.15) is 5.56 Å². The van der Waals surface area contributed by atoms with Gasteiger partial charge < -0.3 is 49.6 Å². The number of ether oxygens (including phenoxy) is 4. The molecule has 1 heterocycles. The standard InChI is InChI=1S/C25H18O10/c1-11-2-19(30)24-25(22(11)33-17-7-14(28)4-15(29)8-17)35-23-20(31)9-18(10-21(23)34-24)32-16-5-12(26)3-13(27)6-16/h2-10,26-31H,1H3. The SMILES string of the molecule is Cc1cc(O)c2c(c1Oc1cc(O)cc(O)c1)Oc1c(O)cc(Oc3cc(O)cc(O)c3)cc1O2. The van der Waals surface area contributed by atoms with Crippen LogP contribution >= 0.6 is 0 Å². The molecule has 1 aliphatic heterocycles. The molecule has 0 saturated carbocycles. The number of hydrogen-bond donors (Lipinski definition) is 6. The summed E-state index contributed by atoms with van der Waals surface area (Å²) >= 11 is 0. The third-order valence-electron chi connectivity index (χ3n) is 4.99. The second kappa shape index (κ2) is 8.03. The van der Waals surface area contributed by atoms with Crippen LogP contribution in [0.3, 0.4) is 0 Å². The van der Waals surface area contributed by atoms with Crippen molar-refractivity contribution in [2.75, 3.05) is 0 Å². The maximum Gasteiger partial charge on any atom is 0.216 e. The van der Waals surface area contributed by atoms with Gasteiger partial charge in [0.15, 0.2) is 23.0 Å². The van der Waals surface area contributed by atoms with Crippen LogP contribution in [0.2, 0.25) is 0 Å². The zero-order valence-corrected chi connectivity index (χ0v) is 18.0. The molecule has 0 amide bonds. The minimum Gasteiger partial charge on any atom is -0.508 e. The molecule has 0 radical (unpaired) electrons. The number of aromatic hydroxyl groups is 6. The molecule has 178 valence electrons. The second-order valence-corrected chi connectivity index (χ2v) is 7.75. The Labute approximate surface area is 197 Å². The molecule has 0 unspecified atom stereocenters. The van der Waals surface area contributed by atoms with Crippen molar-refractivity contribution in [1.29, 1.82) is 0 Å². The van der Waals surface area contributed by atoms with E-state index in [0.29, 0.717) is 5.56 Å². The molecule has 0 aromatic heterocycles. The first kappa shape index (κ1) is 21.7. The molecule has 10 nitrogen and oxygen atoms in total. The summed E-state index contributed by atoms with van der Waals surface area (Å²) in [7, 11) is 0. The quantitative estimate of drug-likeness (QED) is 0.189. The van der Waals surface area contributed by atoms with Crippen LogP contribution in [0.4, 0.5) is 0 Å². The lowest BCUT2D eigenvalue weighted by molar-refractivity contribution is 0.306. The monoisotopic (exact) mass is 478 g/mol. The first-order valence-electron chi connectivity index (χ1n) is 10.2. The second-order valence-electron chi connectivity index (χ2n) is 7.75. The highest BCUT2D eigenvalue weighted by molar-refractivity contribution is 5.70. The lowest BCUT2D eigenvalue weighted by Crippen LogP contribution is -2.03. The van der Waals surface area contributed by atoms with E-state index in [1.165, 1.54) is 42.5 Å². The van der Waals surface area contributed by atoms with E-state index >= 15 is 0 Å². The molecule has 5 rings (SSSR count). The summed E-state index contributed by atoms with van der Waals surface area (Å²) in [5.41, 5.74) is 0.444. The van der Waals surface area contributed by atoms with Crippen LogP contribution < -0.4 is 18.9 Å². The Morgan fingerprint density at radius 1 is 0.514 bits per heavy atom. The average Bonchev–Trinajstić information content (AvgIpc) is 2.74. The predicted molar refractivity (Wildman–Crippen MR) is 121 cm³/mol. The van der Waals surface area contributed by atoms with Gasteiger partial charge in [0, 0.05) is 48.5 Å². The molecule has 0 spiro atoms. The van der Waals surface area contributed by atoms with E-state index in [2.05, 4.69) is 0 Å². The molecule has 0 aliphatic carbocycles. The van der Waals surface area contributed by atoms with Gasteiger partial charge in [-0.25, -0.2) is 0 Å². The van der Waals surface area contributed by atoms with Crippen molar-refractivity contribution in [3.8, 4) is 80.5 Å². The van der Waals surface area contributed by atoms with E-state index in [4.69, 9.17) is 18.9 Å². The minimum atomic E-state index is -0.366. The third-order valence-corrected chi connectivity index (χ3v) is 4.99. The van der Waals surface area contributed by atoms with E-state index < -0.39 is 0 Å². The van der Waals surface area contributed by atoms with Gasteiger partial charge in [-0.05, 0) is 18.6 Å². The van der Waals surface area contributed by atoms with E-state index in [0.717, 1.165) is 12.1 Å². The van der Waals surface area contributed by atoms with Gasteiger partial charge in [-0.2, -0.15) is 0 Å². The number of phenols is 6. The summed E-state index contributed by atoms with van der Waals surface area (Å²) in [6.07, 6.45) is 0. The maximum absolute atomic E-state index is 10.6. The number of hydrogen-bond acceptors (Lipinski definition) is 10. The van der Waals surface area contributed by atoms with Gasteiger partial charge >= 0.3 is 0 Å². The van der Waals surface area contributed by atoms with Crippen LogP contribution in [0.15, 0.2) is 54.6 Å². The van der Waals surface area contributed by atoms with Gasteiger partial charge in [0.25, 0.3) is 0 Å². The van der Waals surface area contributed by atoms with Crippen LogP contribution in [0, 0.1) is 6.92 Å². The Morgan fingerprint density at radius 2 is 1.03 bits per heavy atom. The summed E-state index contributed by atoms with van der Waals surface area (Å²) in [5.74, 6) is -1.34. The molecule has 35 heavy (non-hydrogen) atoms. The van der Waals surface area contributed by atoms with Crippen molar-refractivity contribution >= 4 is 0 Å². The fraction of sp³-hybridized carbons (Fsp3) is 0.0400. The minimum absolute atomic E-state index is 0.0111. The summed E-state index contributed by atoms with van der Waals surface area (Å²) in [6, 6.07) is 11.3. The summed E-state index contributed by atoms with van der Waals surface area (Å²) < 4.78 is 23.1. The number of rotatable bonds is 4. The summed E-state index contributed by atoms with van der Waals surface area (Å²) in [6.45, 7) is 1.64. The number of benzene rings is 4. The van der Waals surface area contributed by atoms with E-state index in [1.807, 2.05) is 0 Å². The fourth-order valence-corrected chi connectivity index (χ4v) is 3.57. The zero-order valence-electron chi connectivity index (χ0n) is 18.0. The fourth-order valence-electron chi connectivity index (χ4n) is 3.57. The highest BCUT2D eigenvalue weighted by Crippen LogP contribution is 2.58. The first-order valence-corrected chi connectivity index (χ1v) is 10.2. The van der Waals surface area contributed by atoms with Crippen molar-refractivity contribution in [3.63, 3.8) is 0 Å². The van der Waals surface area contributed by atoms with E-state index in [-0.39, 0.29) is 80.5 Å². The molecular weight excluding hydrogens is 460 g/mol. The lowest BCUT2D eigenvalue weighted by Gasteiger charge is -2.25. The molecule has 4 aromatic rings. The Bertz CT molecular complexity index is 1440. The van der Waals surface area contributed by atoms with Gasteiger partial charge in [0.2, 0.25) is 17.2 Å². The first-order chi connectivity index (χ1) is 16.7. The molecular formula is C25H18O10. The number of phenolic OH excluding ortho intramolecular Hbond substituents is 6. The molecule has 4 aromatic carbocycles. The van der Waals surface area contributed by atoms with E-state index in [1.54, 1.807) is 6.92 Å². The Hall–Kier alpha value is -5.12. The van der Waals surface area contributed by atoms with Crippen LogP contribution in [0.5, 0.6) is 80.5 Å². The predicted octanol–water partition coefficient (Wildman–Crippen LogP) is 5.71. The van der Waals surface area contributed by atoms with Crippen molar-refractivity contribution in [2.24, 2.45) is 0 Å². The van der Waals surface area contributed by atoms with Crippen LogP contribution in [-0.2, 0) is 0 Å². The molecule has 0 atom stereocenters. The van der Waals surface area contributed by atoms with Gasteiger partial charge in [0.05, 0.1) is 0 Å². The zero-order chi connectivity index (χ0) is 24.9. The highest BCUT2D eigenvalue weighted by atomic mass is 16.6. The van der Waals surface area contributed by atoms with E-state index in [9.17, 15) is 30.6 Å². The average molecular weight is 478 g/mol. The molecule has 10 heteroatoms. The Morgan fingerprint density at radius 3 is 1.63 bits per heavy atom. The number of aryl methyl sites for hydroxylation is 1. The van der Waals surface area contributed by atoms with Gasteiger partial charge in [-0.3, -0.25) is 0 Å². The Kier molecular flexibility index (Phi) is 4.98.